The highest BCUT2D eigenvalue weighted by Crippen LogP contribution is 2.45. The lowest BCUT2D eigenvalue weighted by Gasteiger charge is -2.23. The molecule has 4 rings (SSSR count). The first kappa shape index (κ1) is 21.0. The molecule has 1 saturated carbocycles. The molecule has 7 nitrogen and oxygen atoms in total. The first-order valence-electron chi connectivity index (χ1n) is 9.85. The molecular weight excluding hydrogens is 408 g/mol. The molecular formula is C22H23F2N3O4. The number of carbonyl (C=O) groups excluding carboxylic acids is 1. The molecule has 31 heavy (non-hydrogen) atoms. The highest BCUT2D eigenvalue weighted by molar-refractivity contribution is 6.00. The normalized spacial score (nSPS) is 15.7. The molecule has 1 unspecified atom stereocenters. The van der Waals surface area contributed by atoms with Gasteiger partial charge in [0.05, 0.1) is 24.6 Å². The Morgan fingerprint density at radius 2 is 2.03 bits per heavy atom. The van der Waals surface area contributed by atoms with Gasteiger partial charge in [-0.2, -0.15) is 8.78 Å². The fraction of sp³-hybridized carbons (Fsp3) is 0.364. The summed E-state index contributed by atoms with van der Waals surface area (Å²) < 4.78 is 37.7. The lowest BCUT2D eigenvalue weighted by molar-refractivity contribution is -0.0502. The van der Waals surface area contributed by atoms with E-state index in [0.29, 0.717) is 16.9 Å². The van der Waals surface area contributed by atoms with Crippen molar-refractivity contribution < 1.29 is 28.2 Å². The number of methoxy groups -OCH3 is 1. The Balaban J connectivity index is 1.82. The molecule has 1 amide bonds. The number of fused-ring (bicyclic) bond motifs is 1. The number of nitrogens with one attached hydrogen (secondary N) is 1. The molecule has 0 spiro atoms. The van der Waals surface area contributed by atoms with E-state index in [-0.39, 0.29) is 23.0 Å². The number of ether oxygens (including phenoxy) is 2. The third-order valence-electron chi connectivity index (χ3n) is 5.72. The summed E-state index contributed by atoms with van der Waals surface area (Å²) in [5.41, 5.74) is 1.39. The van der Waals surface area contributed by atoms with Gasteiger partial charge in [-0.15, -0.1) is 0 Å². The predicted octanol–water partition coefficient (Wildman–Crippen LogP) is 3.59. The molecule has 1 fully saturated rings. The van der Waals surface area contributed by atoms with Gasteiger partial charge in [0.2, 0.25) is 0 Å². The number of nitrogens with zero attached hydrogens (tertiary/aromatic N) is 2. The fourth-order valence-electron chi connectivity index (χ4n) is 3.83. The van der Waals surface area contributed by atoms with Crippen LogP contribution >= 0.6 is 0 Å². The molecule has 1 aliphatic rings. The van der Waals surface area contributed by atoms with E-state index in [2.05, 4.69) is 15.0 Å². The minimum absolute atomic E-state index is 0.0933. The number of hydrogen-bond acceptors (Lipinski definition) is 5. The van der Waals surface area contributed by atoms with E-state index in [1.54, 1.807) is 29.8 Å². The molecule has 9 heteroatoms. The molecule has 2 N–H and O–H groups in total. The monoisotopic (exact) mass is 431 g/mol. The van der Waals surface area contributed by atoms with Gasteiger partial charge in [-0.1, -0.05) is 0 Å². The van der Waals surface area contributed by atoms with Gasteiger partial charge in [0.15, 0.2) is 0 Å². The van der Waals surface area contributed by atoms with Crippen LogP contribution < -0.4 is 14.8 Å². The smallest absolute Gasteiger partial charge is 0.387 e. The van der Waals surface area contributed by atoms with Crippen molar-refractivity contribution in [3.63, 3.8) is 0 Å². The summed E-state index contributed by atoms with van der Waals surface area (Å²) in [6.45, 7) is -1.31. The Hall–Kier alpha value is -3.20. The maximum absolute atomic E-state index is 13.0. The van der Waals surface area contributed by atoms with Crippen LogP contribution in [0.25, 0.3) is 16.9 Å². The first-order chi connectivity index (χ1) is 14.8. The van der Waals surface area contributed by atoms with Gasteiger partial charge in [0.25, 0.3) is 5.91 Å². The van der Waals surface area contributed by atoms with Crippen molar-refractivity contribution in [3.05, 3.63) is 47.8 Å². The number of alkyl halides is 2. The molecule has 1 aliphatic carbocycles. The van der Waals surface area contributed by atoms with Gasteiger partial charge in [-0.05, 0) is 55.5 Å². The summed E-state index contributed by atoms with van der Waals surface area (Å²) >= 11 is 0. The van der Waals surface area contributed by atoms with Gasteiger partial charge in [0, 0.05) is 18.8 Å². The molecule has 0 aliphatic heterocycles. The Labute approximate surface area is 177 Å². The van der Waals surface area contributed by atoms with E-state index in [4.69, 9.17) is 4.74 Å². The fourth-order valence-corrected chi connectivity index (χ4v) is 3.83. The Kier molecular flexibility index (Phi) is 5.30. The first-order valence-corrected chi connectivity index (χ1v) is 9.85. The lowest BCUT2D eigenvalue weighted by atomic mass is 9.92. The molecule has 0 bridgehead atoms. The lowest BCUT2D eigenvalue weighted by Crippen LogP contribution is -2.23. The number of halogens is 2. The minimum atomic E-state index is -3.11. The Morgan fingerprint density at radius 3 is 2.65 bits per heavy atom. The average Bonchev–Trinajstić information content (AvgIpc) is 3.52. The number of amides is 1. The van der Waals surface area contributed by atoms with Gasteiger partial charge in [-0.3, -0.25) is 9.20 Å². The maximum Gasteiger partial charge on any atom is 0.387 e. The second-order valence-electron chi connectivity index (χ2n) is 7.72. The van der Waals surface area contributed by atoms with Gasteiger partial charge in [-0.25, -0.2) is 4.98 Å². The third-order valence-corrected chi connectivity index (χ3v) is 5.72. The van der Waals surface area contributed by atoms with Crippen molar-refractivity contribution in [2.45, 2.75) is 32.0 Å². The quantitative estimate of drug-likeness (QED) is 0.597. The molecule has 1 atom stereocenters. The second-order valence-corrected chi connectivity index (χ2v) is 7.72. The van der Waals surface area contributed by atoms with Crippen LogP contribution in [0.4, 0.5) is 8.78 Å². The zero-order valence-corrected chi connectivity index (χ0v) is 17.4. The van der Waals surface area contributed by atoms with Crippen LogP contribution in [0.15, 0.2) is 36.7 Å². The van der Waals surface area contributed by atoms with Crippen LogP contribution in [0.1, 0.15) is 35.7 Å². The highest BCUT2D eigenvalue weighted by Gasteiger charge is 2.41. The van der Waals surface area contributed by atoms with E-state index in [1.807, 2.05) is 12.1 Å². The van der Waals surface area contributed by atoms with E-state index in [0.717, 1.165) is 18.4 Å². The van der Waals surface area contributed by atoms with Gasteiger partial charge < -0.3 is 19.9 Å². The highest BCUT2D eigenvalue weighted by atomic mass is 19.3. The predicted molar refractivity (Wildman–Crippen MR) is 109 cm³/mol. The number of benzene rings is 1. The molecule has 0 radical (unpaired) electrons. The van der Waals surface area contributed by atoms with Gasteiger partial charge >= 0.3 is 6.61 Å². The number of pyridine rings is 1. The third kappa shape index (κ3) is 3.81. The van der Waals surface area contributed by atoms with E-state index in [1.165, 1.54) is 20.2 Å². The number of imidazole rings is 1. The zero-order valence-electron chi connectivity index (χ0n) is 17.4. The van der Waals surface area contributed by atoms with Crippen molar-refractivity contribution in [2.24, 2.45) is 5.92 Å². The number of aromatic nitrogens is 2. The SMILES string of the molecule is CNC(=O)c1c(OC)cc(-c2cnc3cc(C(C)(O)C4CC4)ccn23)cc1OC(F)F. The summed E-state index contributed by atoms with van der Waals surface area (Å²) in [6, 6.07) is 6.56. The van der Waals surface area contributed by atoms with Crippen molar-refractivity contribution in [2.75, 3.05) is 14.2 Å². The van der Waals surface area contributed by atoms with E-state index >= 15 is 0 Å². The van der Waals surface area contributed by atoms with Crippen LogP contribution in [0, 0.1) is 5.92 Å². The summed E-state index contributed by atoms with van der Waals surface area (Å²) in [4.78, 5) is 16.7. The van der Waals surface area contributed by atoms with Crippen LogP contribution in [0.5, 0.6) is 11.5 Å². The van der Waals surface area contributed by atoms with Gasteiger partial charge in [0.1, 0.15) is 22.7 Å². The summed E-state index contributed by atoms with van der Waals surface area (Å²) in [5.74, 6) is -0.577. The maximum atomic E-state index is 13.0. The largest absolute Gasteiger partial charge is 0.496 e. The molecule has 2 heterocycles. The average molecular weight is 431 g/mol. The minimum Gasteiger partial charge on any atom is -0.496 e. The van der Waals surface area contributed by atoms with Crippen LogP contribution in [-0.2, 0) is 5.60 Å². The molecule has 2 aromatic heterocycles. The van der Waals surface area contributed by atoms with Crippen molar-refractivity contribution >= 4 is 11.6 Å². The topological polar surface area (TPSA) is 85.1 Å². The zero-order chi connectivity index (χ0) is 22.3. The number of rotatable bonds is 7. The van der Waals surface area contributed by atoms with Crippen molar-refractivity contribution in [3.8, 4) is 22.8 Å². The Bertz CT molecular complexity index is 1140. The summed E-state index contributed by atoms with van der Waals surface area (Å²) in [7, 11) is 2.74. The molecule has 3 aromatic rings. The van der Waals surface area contributed by atoms with Crippen LogP contribution in [-0.4, -0.2) is 41.2 Å². The summed E-state index contributed by atoms with van der Waals surface area (Å²) in [6.07, 6.45) is 5.34. The number of carbonyl (C=O) groups is 1. The van der Waals surface area contributed by atoms with Crippen LogP contribution in [0.3, 0.4) is 0 Å². The summed E-state index contributed by atoms with van der Waals surface area (Å²) in [5, 5.41) is 13.2. The van der Waals surface area contributed by atoms with Crippen molar-refractivity contribution in [1.82, 2.24) is 14.7 Å². The van der Waals surface area contributed by atoms with Crippen LogP contribution in [0.2, 0.25) is 0 Å². The van der Waals surface area contributed by atoms with Crippen molar-refractivity contribution in [1.29, 1.82) is 0 Å². The molecule has 0 saturated heterocycles. The standard InChI is InChI=1S/C22H23F2N3O4/c1-22(29,13-4-5-13)14-6-7-27-15(11-26-18(27)10-14)12-8-16(30-3)19(20(28)25-2)17(9-12)31-21(23)24/h6-11,13,21,29H,4-5H2,1-3H3,(H,25,28). The Morgan fingerprint density at radius 1 is 1.32 bits per heavy atom. The van der Waals surface area contributed by atoms with E-state index in [9.17, 15) is 18.7 Å². The number of aliphatic hydroxyl groups is 1. The number of hydrogen-bond donors (Lipinski definition) is 2. The molecule has 164 valence electrons. The molecule has 1 aromatic carbocycles. The second kappa shape index (κ2) is 7.81. The van der Waals surface area contributed by atoms with E-state index < -0.39 is 18.1 Å².